The Morgan fingerprint density at radius 2 is 1.43 bits per heavy atom. The highest BCUT2D eigenvalue weighted by molar-refractivity contribution is 5.67. The van der Waals surface area contributed by atoms with Gasteiger partial charge in [0.25, 0.3) is 0 Å². The summed E-state index contributed by atoms with van der Waals surface area (Å²) >= 11 is 0. The number of rotatable bonds is 8. The Labute approximate surface area is 163 Å². The molecule has 0 unspecified atom stereocenters. The minimum atomic E-state index is -0.966. The third-order valence-corrected chi connectivity index (χ3v) is 4.92. The molecule has 0 radical (unpaired) electrons. The van der Waals surface area contributed by atoms with E-state index in [-0.39, 0.29) is 24.3 Å². The van der Waals surface area contributed by atoms with E-state index in [1.165, 1.54) is 24.3 Å². The molecule has 1 aliphatic rings. The van der Waals surface area contributed by atoms with E-state index in [2.05, 4.69) is 9.80 Å². The lowest BCUT2D eigenvalue weighted by Gasteiger charge is -2.39. The maximum Gasteiger partial charge on any atom is 0.329 e. The van der Waals surface area contributed by atoms with Crippen LogP contribution in [0.5, 0.6) is 0 Å². The number of aliphatic carboxylic acids is 1. The highest BCUT2D eigenvalue weighted by Crippen LogP contribution is 2.30. The summed E-state index contributed by atoms with van der Waals surface area (Å²) in [6.45, 7) is 3.99. The minimum Gasteiger partial charge on any atom is -0.480 e. The first-order chi connectivity index (χ1) is 13.5. The predicted molar refractivity (Wildman–Crippen MR) is 101 cm³/mol. The van der Waals surface area contributed by atoms with Crippen molar-refractivity contribution in [1.29, 1.82) is 0 Å². The molecule has 150 valence electrons. The van der Waals surface area contributed by atoms with Crippen molar-refractivity contribution in [1.82, 2.24) is 9.80 Å². The maximum atomic E-state index is 13.4. The number of hydrogen-bond donors (Lipinski definition) is 1. The minimum absolute atomic E-state index is 0.0772. The standard InChI is InChI=1S/C21H24F2N2O3/c22-18-5-1-16(2-6-18)21(17-3-7-19(23)8-4-17)25-11-9-24(10-12-25)13-14-28-15-20(26)27/h1-8,21H,9-15H2,(H,26,27). The zero-order valence-electron chi connectivity index (χ0n) is 15.6. The Morgan fingerprint density at radius 1 is 0.929 bits per heavy atom. The molecule has 1 fully saturated rings. The van der Waals surface area contributed by atoms with Gasteiger partial charge in [-0.2, -0.15) is 0 Å². The molecule has 0 atom stereocenters. The lowest BCUT2D eigenvalue weighted by Crippen LogP contribution is -2.48. The Morgan fingerprint density at radius 3 is 1.89 bits per heavy atom. The number of piperazine rings is 1. The molecule has 0 amide bonds. The van der Waals surface area contributed by atoms with Crippen LogP contribution in [0.25, 0.3) is 0 Å². The maximum absolute atomic E-state index is 13.4. The van der Waals surface area contributed by atoms with E-state index in [9.17, 15) is 13.6 Å². The van der Waals surface area contributed by atoms with Crippen molar-refractivity contribution in [3.63, 3.8) is 0 Å². The fourth-order valence-corrected chi connectivity index (χ4v) is 3.50. The Bertz CT molecular complexity index is 715. The third kappa shape index (κ3) is 5.58. The smallest absolute Gasteiger partial charge is 0.329 e. The first-order valence-electron chi connectivity index (χ1n) is 9.30. The van der Waals surface area contributed by atoms with Crippen molar-refractivity contribution in [3.05, 3.63) is 71.3 Å². The van der Waals surface area contributed by atoms with Gasteiger partial charge in [-0.15, -0.1) is 0 Å². The molecule has 5 nitrogen and oxygen atoms in total. The first kappa shape index (κ1) is 20.4. The third-order valence-electron chi connectivity index (χ3n) is 4.92. The molecule has 0 aliphatic carbocycles. The Balaban J connectivity index is 1.66. The molecule has 1 saturated heterocycles. The lowest BCUT2D eigenvalue weighted by molar-refractivity contribution is -0.142. The number of benzene rings is 2. The number of halogens is 2. The second-order valence-corrected chi connectivity index (χ2v) is 6.83. The second-order valence-electron chi connectivity index (χ2n) is 6.83. The molecule has 0 saturated carbocycles. The summed E-state index contributed by atoms with van der Waals surface area (Å²) in [6.07, 6.45) is 0. The van der Waals surface area contributed by atoms with Crippen LogP contribution < -0.4 is 0 Å². The number of carbonyl (C=O) groups is 1. The van der Waals surface area contributed by atoms with Crippen LogP contribution in [0.1, 0.15) is 17.2 Å². The Kier molecular flexibility index (Phi) is 7.08. The molecule has 1 heterocycles. The van der Waals surface area contributed by atoms with Gasteiger partial charge in [0.1, 0.15) is 18.2 Å². The van der Waals surface area contributed by atoms with Crippen molar-refractivity contribution in [2.24, 2.45) is 0 Å². The summed E-state index contributed by atoms with van der Waals surface area (Å²) < 4.78 is 31.9. The topological polar surface area (TPSA) is 53.0 Å². The monoisotopic (exact) mass is 390 g/mol. The van der Waals surface area contributed by atoms with Crippen molar-refractivity contribution in [3.8, 4) is 0 Å². The van der Waals surface area contributed by atoms with Gasteiger partial charge in [0.05, 0.1) is 12.6 Å². The molecule has 2 aromatic rings. The van der Waals surface area contributed by atoms with E-state index >= 15 is 0 Å². The quantitative estimate of drug-likeness (QED) is 0.703. The zero-order chi connectivity index (χ0) is 19.9. The van der Waals surface area contributed by atoms with Gasteiger partial charge in [0.2, 0.25) is 0 Å². The molecule has 0 spiro atoms. The summed E-state index contributed by atoms with van der Waals surface area (Å²) in [5.74, 6) is -1.54. The fourth-order valence-electron chi connectivity index (χ4n) is 3.50. The van der Waals surface area contributed by atoms with E-state index in [0.29, 0.717) is 13.2 Å². The molecule has 1 N–H and O–H groups in total. The molecular formula is C21H24F2N2O3. The SMILES string of the molecule is O=C(O)COCCN1CCN(C(c2ccc(F)cc2)c2ccc(F)cc2)CC1. The van der Waals surface area contributed by atoms with Gasteiger partial charge in [0, 0.05) is 32.7 Å². The average Bonchev–Trinajstić information content (AvgIpc) is 2.69. The largest absolute Gasteiger partial charge is 0.480 e. The van der Waals surface area contributed by atoms with Crippen molar-refractivity contribution < 1.29 is 23.4 Å². The van der Waals surface area contributed by atoms with Crippen LogP contribution in [0, 0.1) is 11.6 Å². The van der Waals surface area contributed by atoms with E-state index in [0.717, 1.165) is 37.3 Å². The Hall–Kier alpha value is -2.35. The van der Waals surface area contributed by atoms with Gasteiger partial charge in [-0.1, -0.05) is 24.3 Å². The highest BCUT2D eigenvalue weighted by atomic mass is 19.1. The van der Waals surface area contributed by atoms with Gasteiger partial charge >= 0.3 is 5.97 Å². The molecule has 0 aromatic heterocycles. The molecule has 1 aliphatic heterocycles. The molecule has 2 aromatic carbocycles. The van der Waals surface area contributed by atoms with Crippen LogP contribution in [0.2, 0.25) is 0 Å². The number of hydrogen-bond acceptors (Lipinski definition) is 4. The number of nitrogens with zero attached hydrogens (tertiary/aromatic N) is 2. The lowest BCUT2D eigenvalue weighted by atomic mass is 9.96. The van der Waals surface area contributed by atoms with E-state index in [4.69, 9.17) is 9.84 Å². The summed E-state index contributed by atoms with van der Waals surface area (Å²) in [6, 6.07) is 12.8. The van der Waals surface area contributed by atoms with Gasteiger partial charge < -0.3 is 9.84 Å². The summed E-state index contributed by atoms with van der Waals surface area (Å²) in [4.78, 5) is 15.0. The second kappa shape index (κ2) is 9.73. The van der Waals surface area contributed by atoms with Crippen LogP contribution in [0.15, 0.2) is 48.5 Å². The van der Waals surface area contributed by atoms with Gasteiger partial charge in [-0.25, -0.2) is 13.6 Å². The number of ether oxygens (including phenoxy) is 1. The van der Waals surface area contributed by atoms with Gasteiger partial charge in [-0.3, -0.25) is 9.80 Å². The van der Waals surface area contributed by atoms with Crippen LogP contribution in [-0.4, -0.2) is 66.8 Å². The normalized spacial score (nSPS) is 15.8. The molecule has 0 bridgehead atoms. The van der Waals surface area contributed by atoms with E-state index in [1.54, 1.807) is 24.3 Å². The fraction of sp³-hybridized carbons (Fsp3) is 0.381. The van der Waals surface area contributed by atoms with Crippen molar-refractivity contribution >= 4 is 5.97 Å². The molecule has 28 heavy (non-hydrogen) atoms. The van der Waals surface area contributed by atoms with Gasteiger partial charge in [-0.05, 0) is 35.4 Å². The predicted octanol–water partition coefficient (Wildman–Crippen LogP) is 2.77. The highest BCUT2D eigenvalue weighted by Gasteiger charge is 2.26. The van der Waals surface area contributed by atoms with Crippen LogP contribution in [-0.2, 0) is 9.53 Å². The van der Waals surface area contributed by atoms with Crippen molar-refractivity contribution in [2.45, 2.75) is 6.04 Å². The van der Waals surface area contributed by atoms with Crippen molar-refractivity contribution in [2.75, 3.05) is 45.9 Å². The average molecular weight is 390 g/mol. The summed E-state index contributed by atoms with van der Waals surface area (Å²) in [5.41, 5.74) is 1.93. The van der Waals surface area contributed by atoms with Crippen LogP contribution in [0.3, 0.4) is 0 Å². The van der Waals surface area contributed by atoms with E-state index < -0.39 is 5.97 Å². The van der Waals surface area contributed by atoms with Crippen LogP contribution in [0.4, 0.5) is 8.78 Å². The van der Waals surface area contributed by atoms with E-state index in [1.807, 2.05) is 0 Å². The molecule has 7 heteroatoms. The van der Waals surface area contributed by atoms with Crippen LogP contribution >= 0.6 is 0 Å². The molecule has 3 rings (SSSR count). The molecular weight excluding hydrogens is 366 g/mol. The number of carboxylic acid groups (broad SMARTS) is 1. The first-order valence-corrected chi connectivity index (χ1v) is 9.30. The summed E-state index contributed by atoms with van der Waals surface area (Å²) in [5, 5.41) is 8.60. The van der Waals surface area contributed by atoms with Gasteiger partial charge in [0.15, 0.2) is 0 Å². The summed E-state index contributed by atoms with van der Waals surface area (Å²) in [7, 11) is 0. The number of carboxylic acids is 1. The zero-order valence-corrected chi connectivity index (χ0v) is 15.6.